The molecular weight excluding hydrogens is 446 g/mol. The van der Waals surface area contributed by atoms with E-state index in [0.717, 1.165) is 33.4 Å². The minimum absolute atomic E-state index is 0.0652. The Bertz CT molecular complexity index is 1480. The number of nitrogens with zero attached hydrogens (tertiary/aromatic N) is 1. The quantitative estimate of drug-likeness (QED) is 0.233. The third kappa shape index (κ3) is 3.14. The molecule has 3 heterocycles. The van der Waals surface area contributed by atoms with E-state index in [9.17, 15) is 14.7 Å². The van der Waals surface area contributed by atoms with Crippen LogP contribution in [0.1, 0.15) is 29.0 Å². The molecule has 4 aromatic rings. The van der Waals surface area contributed by atoms with E-state index in [-0.39, 0.29) is 17.4 Å². The Morgan fingerprint density at radius 3 is 2.68 bits per heavy atom. The molecule has 5 nitrogen and oxygen atoms in total. The monoisotopic (exact) mass is 467 g/mol. The summed E-state index contributed by atoms with van der Waals surface area (Å²) in [6.45, 7) is 1.99. The van der Waals surface area contributed by atoms with Crippen molar-refractivity contribution < 1.29 is 19.4 Å². The van der Waals surface area contributed by atoms with E-state index in [1.807, 2.05) is 79.0 Å². The van der Waals surface area contributed by atoms with Crippen molar-refractivity contribution >= 4 is 45.2 Å². The molecule has 0 saturated carbocycles. The molecule has 1 N–H and O–H groups in total. The summed E-state index contributed by atoms with van der Waals surface area (Å²) < 4.78 is 5.78. The SMILES string of the molecule is CC1Cc2cc(/C(O)=C3/C(=O)C(=O)N(c4cccc5ccccc45)C3c3cccs3)ccc2O1. The van der Waals surface area contributed by atoms with Crippen LogP contribution in [0.4, 0.5) is 5.69 Å². The summed E-state index contributed by atoms with van der Waals surface area (Å²) in [5.41, 5.74) is 2.24. The molecule has 0 spiro atoms. The summed E-state index contributed by atoms with van der Waals surface area (Å²) in [6, 6.07) is 21.9. The number of thiophene rings is 1. The number of carbonyl (C=O) groups is 2. The van der Waals surface area contributed by atoms with Gasteiger partial charge in [-0.25, -0.2) is 0 Å². The topological polar surface area (TPSA) is 66.8 Å². The van der Waals surface area contributed by atoms with Gasteiger partial charge in [-0.3, -0.25) is 14.5 Å². The van der Waals surface area contributed by atoms with E-state index in [4.69, 9.17) is 4.74 Å². The second kappa shape index (κ2) is 7.85. The molecule has 1 fully saturated rings. The molecule has 168 valence electrons. The van der Waals surface area contributed by atoms with Crippen LogP contribution in [0.5, 0.6) is 5.75 Å². The second-order valence-electron chi connectivity index (χ2n) is 8.64. The maximum atomic E-state index is 13.4. The van der Waals surface area contributed by atoms with Gasteiger partial charge >= 0.3 is 0 Å². The summed E-state index contributed by atoms with van der Waals surface area (Å²) in [7, 11) is 0. The predicted octanol–water partition coefficient (Wildman–Crippen LogP) is 5.85. The van der Waals surface area contributed by atoms with Crippen molar-refractivity contribution in [2.45, 2.75) is 25.5 Å². The van der Waals surface area contributed by atoms with Gasteiger partial charge in [-0.15, -0.1) is 11.3 Å². The average Bonchev–Trinajstić information content (AvgIpc) is 3.56. The molecule has 1 amide bonds. The highest BCUT2D eigenvalue weighted by atomic mass is 32.1. The lowest BCUT2D eigenvalue weighted by Gasteiger charge is -2.25. The fourth-order valence-corrected chi connectivity index (χ4v) is 5.76. The number of ether oxygens (including phenoxy) is 1. The van der Waals surface area contributed by atoms with Crippen molar-refractivity contribution in [1.29, 1.82) is 0 Å². The molecule has 6 heteroatoms. The molecular formula is C28H21NO4S. The molecule has 0 radical (unpaired) electrons. The Hall–Kier alpha value is -3.90. The third-order valence-electron chi connectivity index (χ3n) is 6.45. The highest BCUT2D eigenvalue weighted by molar-refractivity contribution is 7.10. The summed E-state index contributed by atoms with van der Waals surface area (Å²) in [5, 5.41) is 15.2. The van der Waals surface area contributed by atoms with Gasteiger partial charge in [-0.2, -0.15) is 0 Å². The van der Waals surface area contributed by atoms with Crippen LogP contribution in [0.3, 0.4) is 0 Å². The number of benzene rings is 3. The lowest BCUT2D eigenvalue weighted by molar-refractivity contribution is -0.132. The molecule has 2 atom stereocenters. The number of Topliss-reactive ketones (excluding diaryl/α,β-unsaturated/α-hetero) is 1. The van der Waals surface area contributed by atoms with Crippen LogP contribution >= 0.6 is 11.3 Å². The van der Waals surface area contributed by atoms with Gasteiger partial charge in [0, 0.05) is 22.2 Å². The number of hydrogen-bond donors (Lipinski definition) is 1. The normalized spacial score (nSPS) is 21.1. The van der Waals surface area contributed by atoms with Crippen LogP contribution < -0.4 is 9.64 Å². The number of aliphatic hydroxyl groups excluding tert-OH is 1. The van der Waals surface area contributed by atoms with Crippen LogP contribution in [0.25, 0.3) is 16.5 Å². The van der Waals surface area contributed by atoms with E-state index in [2.05, 4.69) is 0 Å². The first-order valence-electron chi connectivity index (χ1n) is 11.1. The zero-order valence-electron chi connectivity index (χ0n) is 18.4. The standard InChI is InChI=1S/C28H21NO4S/c1-16-14-19-15-18(11-12-22(19)33-16)26(30)24-25(23-10-5-13-34-23)29(28(32)27(24)31)21-9-4-7-17-6-2-3-8-20(17)21/h2-13,15-16,25,30H,14H2,1H3/b26-24-. The van der Waals surface area contributed by atoms with Gasteiger partial charge in [-0.1, -0.05) is 42.5 Å². The zero-order valence-corrected chi connectivity index (χ0v) is 19.2. The van der Waals surface area contributed by atoms with Crippen LogP contribution in [0.15, 0.2) is 83.7 Å². The molecule has 3 aromatic carbocycles. The van der Waals surface area contributed by atoms with Gasteiger partial charge in [0.15, 0.2) is 0 Å². The second-order valence-corrected chi connectivity index (χ2v) is 9.62. The average molecular weight is 468 g/mol. The first-order chi connectivity index (χ1) is 16.5. The largest absolute Gasteiger partial charge is 0.507 e. The van der Waals surface area contributed by atoms with Crippen molar-refractivity contribution in [2.24, 2.45) is 0 Å². The Morgan fingerprint density at radius 1 is 1.03 bits per heavy atom. The molecule has 2 aliphatic rings. The summed E-state index contributed by atoms with van der Waals surface area (Å²) in [4.78, 5) is 29.2. The fraction of sp³-hybridized carbons (Fsp3) is 0.143. The number of anilines is 1. The molecule has 1 saturated heterocycles. The van der Waals surface area contributed by atoms with E-state index in [0.29, 0.717) is 11.3 Å². The number of ketones is 1. The summed E-state index contributed by atoms with van der Waals surface area (Å²) in [6.07, 6.45) is 0.797. The smallest absolute Gasteiger partial charge is 0.300 e. The Labute approximate surface area is 200 Å². The maximum Gasteiger partial charge on any atom is 0.300 e. The highest BCUT2D eigenvalue weighted by Gasteiger charge is 2.47. The number of amides is 1. The lowest BCUT2D eigenvalue weighted by atomic mass is 9.97. The van der Waals surface area contributed by atoms with Gasteiger partial charge in [0.1, 0.15) is 23.7 Å². The zero-order chi connectivity index (χ0) is 23.4. The van der Waals surface area contributed by atoms with Gasteiger partial charge in [0.2, 0.25) is 0 Å². The van der Waals surface area contributed by atoms with E-state index in [1.54, 1.807) is 6.07 Å². The van der Waals surface area contributed by atoms with Gasteiger partial charge in [0.25, 0.3) is 11.7 Å². The fourth-order valence-electron chi connectivity index (χ4n) is 4.94. The van der Waals surface area contributed by atoms with Crippen molar-refractivity contribution in [2.75, 3.05) is 4.90 Å². The molecule has 34 heavy (non-hydrogen) atoms. The summed E-state index contributed by atoms with van der Waals surface area (Å²) in [5.74, 6) is -0.708. The maximum absolute atomic E-state index is 13.4. The number of hydrogen-bond acceptors (Lipinski definition) is 5. The lowest BCUT2D eigenvalue weighted by Crippen LogP contribution is -2.29. The molecule has 1 aromatic heterocycles. The van der Waals surface area contributed by atoms with Crippen LogP contribution in [-0.2, 0) is 16.0 Å². The van der Waals surface area contributed by atoms with Crippen molar-refractivity contribution in [1.82, 2.24) is 0 Å². The Balaban J connectivity index is 1.55. The van der Waals surface area contributed by atoms with Gasteiger partial charge in [-0.05, 0) is 53.6 Å². The third-order valence-corrected chi connectivity index (χ3v) is 7.38. The van der Waals surface area contributed by atoms with E-state index >= 15 is 0 Å². The van der Waals surface area contributed by atoms with Crippen molar-refractivity contribution in [3.63, 3.8) is 0 Å². The number of fused-ring (bicyclic) bond motifs is 2. The molecule has 2 aliphatic heterocycles. The van der Waals surface area contributed by atoms with Gasteiger partial charge in [0.05, 0.1) is 11.3 Å². The predicted molar refractivity (Wildman–Crippen MR) is 133 cm³/mol. The minimum atomic E-state index is -0.714. The Kier molecular flexibility index (Phi) is 4.78. The molecule has 6 rings (SSSR count). The molecule has 0 aliphatic carbocycles. The van der Waals surface area contributed by atoms with Gasteiger partial charge < -0.3 is 9.84 Å². The molecule has 2 unspecified atom stereocenters. The first kappa shape index (κ1) is 20.7. The highest BCUT2D eigenvalue weighted by Crippen LogP contribution is 2.45. The van der Waals surface area contributed by atoms with E-state index < -0.39 is 17.7 Å². The van der Waals surface area contributed by atoms with Crippen LogP contribution in [0.2, 0.25) is 0 Å². The van der Waals surface area contributed by atoms with Crippen molar-refractivity contribution in [3.8, 4) is 5.75 Å². The first-order valence-corrected chi connectivity index (χ1v) is 12.0. The van der Waals surface area contributed by atoms with Crippen LogP contribution in [-0.4, -0.2) is 22.9 Å². The number of aliphatic hydroxyl groups is 1. The summed E-state index contributed by atoms with van der Waals surface area (Å²) >= 11 is 1.45. The Morgan fingerprint density at radius 2 is 1.85 bits per heavy atom. The molecule has 0 bridgehead atoms. The van der Waals surface area contributed by atoms with Crippen LogP contribution in [0, 0.1) is 0 Å². The number of rotatable bonds is 3. The number of carbonyl (C=O) groups excluding carboxylic acids is 2. The minimum Gasteiger partial charge on any atom is -0.507 e. The van der Waals surface area contributed by atoms with E-state index in [1.165, 1.54) is 16.2 Å². The van der Waals surface area contributed by atoms with Crippen molar-refractivity contribution in [3.05, 3.63) is 99.8 Å².